The maximum atomic E-state index is 12.4. The van der Waals surface area contributed by atoms with Crippen LogP contribution in [0.4, 0.5) is 4.79 Å². The molecule has 0 aliphatic carbocycles. The Labute approximate surface area is 162 Å². The maximum absolute atomic E-state index is 12.4. The van der Waals surface area contributed by atoms with Crippen molar-refractivity contribution in [3.8, 4) is 5.75 Å². The zero-order valence-electron chi connectivity index (χ0n) is 15.0. The van der Waals surface area contributed by atoms with E-state index in [-0.39, 0.29) is 17.9 Å². The van der Waals surface area contributed by atoms with Gasteiger partial charge in [-0.3, -0.25) is 4.79 Å². The van der Waals surface area contributed by atoms with E-state index in [1.807, 2.05) is 41.3 Å². The summed E-state index contributed by atoms with van der Waals surface area (Å²) in [5.41, 5.74) is 0. The molecule has 142 valence electrons. The Hall–Kier alpha value is -2.25. The van der Waals surface area contributed by atoms with E-state index < -0.39 is 6.09 Å². The Kier molecular flexibility index (Phi) is 5.50. The molecule has 2 heterocycles. The third kappa shape index (κ3) is 4.20. The summed E-state index contributed by atoms with van der Waals surface area (Å²) in [6.07, 6.45) is 0.284. The van der Waals surface area contributed by atoms with Gasteiger partial charge < -0.3 is 20.3 Å². The molecule has 7 heteroatoms. The number of hydrogen-bond acceptors (Lipinski definition) is 5. The van der Waals surface area contributed by atoms with Crippen molar-refractivity contribution in [1.82, 2.24) is 15.5 Å². The van der Waals surface area contributed by atoms with Crippen LogP contribution in [0, 0.1) is 5.92 Å². The zero-order valence-corrected chi connectivity index (χ0v) is 15.8. The average Bonchev–Trinajstić information content (AvgIpc) is 3.38. The highest BCUT2D eigenvalue weighted by molar-refractivity contribution is 7.99. The fraction of sp³-hybridized carbons (Fsp3) is 0.400. The van der Waals surface area contributed by atoms with E-state index in [2.05, 4.69) is 10.6 Å². The average molecular weight is 385 g/mol. The molecule has 0 radical (unpaired) electrons. The fourth-order valence-electron chi connectivity index (χ4n) is 3.61. The number of fused-ring (bicyclic) bond motifs is 1. The van der Waals surface area contributed by atoms with Gasteiger partial charge >= 0.3 is 6.09 Å². The zero-order chi connectivity index (χ0) is 18.6. The molecule has 6 nitrogen and oxygen atoms in total. The van der Waals surface area contributed by atoms with Crippen LogP contribution in [0.5, 0.6) is 5.75 Å². The summed E-state index contributed by atoms with van der Waals surface area (Å²) in [4.78, 5) is 26.6. The number of thioether (sulfide) groups is 1. The lowest BCUT2D eigenvalue weighted by molar-refractivity contribution is -0.131. The quantitative estimate of drug-likeness (QED) is 0.846. The fourth-order valence-corrected chi connectivity index (χ4v) is 4.56. The molecule has 27 heavy (non-hydrogen) atoms. The van der Waals surface area contributed by atoms with Crippen molar-refractivity contribution in [1.29, 1.82) is 0 Å². The number of nitrogens with one attached hydrogen (secondary N) is 2. The normalized spacial score (nSPS) is 22.1. The Balaban J connectivity index is 1.28. The van der Waals surface area contributed by atoms with Gasteiger partial charge in [0.05, 0.1) is 11.9 Å². The molecule has 2 amide bonds. The highest BCUT2D eigenvalue weighted by Gasteiger charge is 2.33. The summed E-state index contributed by atoms with van der Waals surface area (Å²) >= 11 is 1.79. The van der Waals surface area contributed by atoms with Gasteiger partial charge in [-0.25, -0.2) is 4.79 Å². The van der Waals surface area contributed by atoms with Crippen molar-refractivity contribution in [2.24, 2.45) is 5.92 Å². The van der Waals surface area contributed by atoms with Gasteiger partial charge in [0.15, 0.2) is 0 Å². The highest BCUT2D eigenvalue weighted by Crippen LogP contribution is 2.25. The van der Waals surface area contributed by atoms with Gasteiger partial charge in [0.2, 0.25) is 5.91 Å². The largest absolute Gasteiger partial charge is 0.412 e. The number of carbonyl (C=O) groups is 2. The second-order valence-corrected chi connectivity index (χ2v) is 8.02. The first-order chi connectivity index (χ1) is 13.2. The SMILES string of the molecule is O=C(NCC1CNC(C(=O)N2CCSC2)C1)Oc1cccc2ccccc12. The van der Waals surface area contributed by atoms with E-state index in [1.54, 1.807) is 17.8 Å². The molecule has 0 saturated carbocycles. The first-order valence-corrected chi connectivity index (χ1v) is 10.4. The molecule has 2 aromatic carbocycles. The molecule has 0 aromatic heterocycles. The van der Waals surface area contributed by atoms with E-state index >= 15 is 0 Å². The molecule has 2 atom stereocenters. The van der Waals surface area contributed by atoms with Crippen LogP contribution in [-0.2, 0) is 4.79 Å². The second kappa shape index (κ2) is 8.19. The number of benzene rings is 2. The van der Waals surface area contributed by atoms with Crippen LogP contribution in [-0.4, -0.2) is 54.2 Å². The van der Waals surface area contributed by atoms with Crippen molar-refractivity contribution < 1.29 is 14.3 Å². The molecule has 2 unspecified atom stereocenters. The van der Waals surface area contributed by atoms with E-state index in [1.165, 1.54) is 0 Å². The Morgan fingerprint density at radius 2 is 2.07 bits per heavy atom. The molecule has 2 aliphatic heterocycles. The number of carbonyl (C=O) groups excluding carboxylic acids is 2. The van der Waals surface area contributed by atoms with E-state index in [0.29, 0.717) is 12.3 Å². The molecule has 2 aliphatic rings. The topological polar surface area (TPSA) is 70.7 Å². The lowest BCUT2D eigenvalue weighted by Crippen LogP contribution is -2.42. The van der Waals surface area contributed by atoms with Crippen LogP contribution in [0.15, 0.2) is 42.5 Å². The minimum absolute atomic E-state index is 0.135. The molecule has 2 saturated heterocycles. The summed E-state index contributed by atoms with van der Waals surface area (Å²) in [6.45, 7) is 2.06. The number of ether oxygens (including phenoxy) is 1. The molecular weight excluding hydrogens is 362 g/mol. The molecular formula is C20H23N3O3S. The Bertz CT molecular complexity index is 833. The van der Waals surface area contributed by atoms with Crippen molar-refractivity contribution in [3.05, 3.63) is 42.5 Å². The smallest absolute Gasteiger partial charge is 0.410 e. The standard InChI is InChI=1S/C20H23N3O3S/c24-19(23-8-9-27-13-23)17-10-14(11-21-17)12-22-20(25)26-18-7-3-5-15-4-1-2-6-16(15)18/h1-7,14,17,21H,8-13H2,(H,22,25). The van der Waals surface area contributed by atoms with E-state index in [0.717, 1.165) is 41.9 Å². The van der Waals surface area contributed by atoms with Gasteiger partial charge in [-0.1, -0.05) is 36.4 Å². The summed E-state index contributed by atoms with van der Waals surface area (Å²) in [7, 11) is 0. The summed E-state index contributed by atoms with van der Waals surface area (Å²) in [5, 5.41) is 8.07. The minimum atomic E-state index is -0.461. The van der Waals surface area contributed by atoms with Crippen molar-refractivity contribution in [2.75, 3.05) is 31.3 Å². The first kappa shape index (κ1) is 18.1. The van der Waals surface area contributed by atoms with Crippen LogP contribution in [0.1, 0.15) is 6.42 Å². The van der Waals surface area contributed by atoms with Gasteiger partial charge in [-0.2, -0.15) is 0 Å². The molecule has 2 N–H and O–H groups in total. The van der Waals surface area contributed by atoms with Gasteiger partial charge in [-0.15, -0.1) is 11.8 Å². The van der Waals surface area contributed by atoms with Gasteiger partial charge in [0, 0.05) is 30.8 Å². The van der Waals surface area contributed by atoms with Crippen LogP contribution in [0.3, 0.4) is 0 Å². The summed E-state index contributed by atoms with van der Waals surface area (Å²) in [5.74, 6) is 2.77. The number of nitrogens with zero attached hydrogens (tertiary/aromatic N) is 1. The third-order valence-corrected chi connectivity index (χ3v) is 6.04. The lowest BCUT2D eigenvalue weighted by atomic mass is 10.1. The van der Waals surface area contributed by atoms with Crippen LogP contribution in [0.25, 0.3) is 10.8 Å². The number of rotatable bonds is 4. The minimum Gasteiger partial charge on any atom is -0.410 e. The third-order valence-electron chi connectivity index (χ3n) is 5.07. The summed E-state index contributed by atoms with van der Waals surface area (Å²) < 4.78 is 5.49. The Morgan fingerprint density at radius 3 is 2.93 bits per heavy atom. The maximum Gasteiger partial charge on any atom is 0.412 e. The molecule has 0 bridgehead atoms. The predicted molar refractivity (Wildman–Crippen MR) is 107 cm³/mol. The molecule has 0 spiro atoms. The van der Waals surface area contributed by atoms with Crippen LogP contribution < -0.4 is 15.4 Å². The van der Waals surface area contributed by atoms with Crippen LogP contribution in [0.2, 0.25) is 0 Å². The Morgan fingerprint density at radius 1 is 1.22 bits per heavy atom. The van der Waals surface area contributed by atoms with Gasteiger partial charge in [0.1, 0.15) is 5.75 Å². The van der Waals surface area contributed by atoms with Gasteiger partial charge in [-0.05, 0) is 23.8 Å². The van der Waals surface area contributed by atoms with Gasteiger partial charge in [0.25, 0.3) is 0 Å². The number of amides is 2. The van der Waals surface area contributed by atoms with Crippen LogP contribution >= 0.6 is 11.8 Å². The molecule has 2 aromatic rings. The van der Waals surface area contributed by atoms with E-state index in [4.69, 9.17) is 4.74 Å². The second-order valence-electron chi connectivity index (χ2n) is 6.95. The monoisotopic (exact) mass is 385 g/mol. The summed E-state index contributed by atoms with van der Waals surface area (Å²) in [6, 6.07) is 13.3. The highest BCUT2D eigenvalue weighted by atomic mass is 32.2. The van der Waals surface area contributed by atoms with Crippen molar-refractivity contribution in [2.45, 2.75) is 12.5 Å². The molecule has 4 rings (SSSR count). The van der Waals surface area contributed by atoms with Crippen molar-refractivity contribution >= 4 is 34.5 Å². The predicted octanol–water partition coefficient (Wildman–Crippen LogP) is 2.44. The van der Waals surface area contributed by atoms with E-state index in [9.17, 15) is 9.59 Å². The number of hydrogen-bond donors (Lipinski definition) is 2. The van der Waals surface area contributed by atoms with Crippen molar-refractivity contribution in [3.63, 3.8) is 0 Å². The lowest BCUT2D eigenvalue weighted by Gasteiger charge is -2.19. The molecule has 2 fully saturated rings. The first-order valence-electron chi connectivity index (χ1n) is 9.24.